The average Bonchev–Trinajstić information content (AvgIpc) is 3.10. The van der Waals surface area contributed by atoms with Crippen molar-refractivity contribution in [2.45, 2.75) is 56.4 Å². The van der Waals surface area contributed by atoms with E-state index in [1.807, 2.05) is 42.5 Å². The van der Waals surface area contributed by atoms with Crippen molar-refractivity contribution in [2.75, 3.05) is 26.2 Å². The normalized spacial score (nSPS) is 14.2. The Labute approximate surface area is 262 Å². The maximum atomic E-state index is 13.1. The maximum absolute atomic E-state index is 13.1. The Morgan fingerprint density at radius 1 is 0.659 bits per heavy atom. The van der Waals surface area contributed by atoms with E-state index in [9.17, 15) is 9.59 Å². The Hall–Kier alpha value is -4.22. The number of benzene rings is 4. The van der Waals surface area contributed by atoms with E-state index < -0.39 is 0 Å². The van der Waals surface area contributed by atoms with Crippen LogP contribution in [0.2, 0.25) is 0 Å². The second-order valence-electron chi connectivity index (χ2n) is 12.0. The van der Waals surface area contributed by atoms with Gasteiger partial charge in [0.1, 0.15) is 0 Å². The molecule has 0 aromatic heterocycles. The van der Waals surface area contributed by atoms with Crippen LogP contribution in [0.15, 0.2) is 121 Å². The predicted molar refractivity (Wildman–Crippen MR) is 178 cm³/mol. The van der Waals surface area contributed by atoms with Gasteiger partial charge in [0.2, 0.25) is 11.8 Å². The summed E-state index contributed by atoms with van der Waals surface area (Å²) in [5.41, 5.74) is 4.55. The molecule has 5 nitrogen and oxygen atoms in total. The van der Waals surface area contributed by atoms with Gasteiger partial charge in [-0.25, -0.2) is 0 Å². The number of carbonyl (C=O) groups excluding carboxylic acids is 2. The molecule has 2 amide bonds. The van der Waals surface area contributed by atoms with Gasteiger partial charge in [-0.05, 0) is 73.5 Å². The highest BCUT2D eigenvalue weighted by molar-refractivity contribution is 5.83. The standard InChI is InChI=1S/C39H45N3O2/c43-37(40-30-32-14-5-1-6-15-32)22-23-38(44)41-31-39(35-18-9-3-10-19-35,36-20-11-4-12-21-36)26-13-27-42-28-24-34(25-29-42)33-16-7-2-8-17-33/h1-12,14-21,34H,13,22-31H2,(H,40,43)(H,41,44). The highest BCUT2D eigenvalue weighted by Gasteiger charge is 2.34. The highest BCUT2D eigenvalue weighted by Crippen LogP contribution is 2.37. The molecule has 1 saturated heterocycles. The molecule has 44 heavy (non-hydrogen) atoms. The first-order valence-electron chi connectivity index (χ1n) is 16.1. The summed E-state index contributed by atoms with van der Waals surface area (Å²) in [7, 11) is 0. The summed E-state index contributed by atoms with van der Waals surface area (Å²) >= 11 is 0. The molecule has 5 rings (SSSR count). The van der Waals surface area contributed by atoms with Crippen LogP contribution in [0.1, 0.15) is 66.7 Å². The van der Waals surface area contributed by atoms with Gasteiger partial charge in [0.25, 0.3) is 0 Å². The van der Waals surface area contributed by atoms with Crippen molar-refractivity contribution in [1.29, 1.82) is 0 Å². The Kier molecular flexibility index (Phi) is 11.4. The van der Waals surface area contributed by atoms with Crippen molar-refractivity contribution in [1.82, 2.24) is 15.5 Å². The van der Waals surface area contributed by atoms with E-state index in [-0.39, 0.29) is 30.1 Å². The lowest BCUT2D eigenvalue weighted by Crippen LogP contribution is -2.43. The Bertz CT molecular complexity index is 1380. The van der Waals surface area contributed by atoms with Gasteiger partial charge in [0.15, 0.2) is 0 Å². The van der Waals surface area contributed by atoms with Crippen LogP contribution in [0.4, 0.5) is 0 Å². The van der Waals surface area contributed by atoms with Gasteiger partial charge in [-0.2, -0.15) is 0 Å². The van der Waals surface area contributed by atoms with Gasteiger partial charge in [0.05, 0.1) is 0 Å². The van der Waals surface area contributed by atoms with Crippen LogP contribution in [0, 0.1) is 0 Å². The van der Waals surface area contributed by atoms with E-state index in [2.05, 4.69) is 94.4 Å². The third-order valence-electron chi connectivity index (χ3n) is 9.09. The monoisotopic (exact) mass is 587 g/mol. The van der Waals surface area contributed by atoms with Gasteiger partial charge in [-0.1, -0.05) is 121 Å². The zero-order valence-corrected chi connectivity index (χ0v) is 25.7. The summed E-state index contributed by atoms with van der Waals surface area (Å²) in [5.74, 6) is 0.437. The smallest absolute Gasteiger partial charge is 0.220 e. The molecule has 5 heteroatoms. The number of rotatable bonds is 14. The first-order chi connectivity index (χ1) is 21.6. The van der Waals surface area contributed by atoms with Crippen molar-refractivity contribution in [2.24, 2.45) is 0 Å². The van der Waals surface area contributed by atoms with Crippen molar-refractivity contribution in [3.8, 4) is 0 Å². The topological polar surface area (TPSA) is 61.4 Å². The molecule has 0 aliphatic carbocycles. The van der Waals surface area contributed by atoms with E-state index in [0.717, 1.165) is 38.0 Å². The molecule has 0 atom stereocenters. The van der Waals surface area contributed by atoms with Gasteiger partial charge in [0, 0.05) is 31.3 Å². The largest absolute Gasteiger partial charge is 0.355 e. The summed E-state index contributed by atoms with van der Waals surface area (Å²) < 4.78 is 0. The van der Waals surface area contributed by atoms with E-state index in [1.54, 1.807) is 0 Å². The van der Waals surface area contributed by atoms with Crippen molar-refractivity contribution < 1.29 is 9.59 Å². The minimum absolute atomic E-state index is 0.0981. The summed E-state index contributed by atoms with van der Waals surface area (Å²) in [6.07, 6.45) is 4.66. The number of hydrogen-bond donors (Lipinski definition) is 2. The van der Waals surface area contributed by atoms with Gasteiger partial charge in [-0.3, -0.25) is 9.59 Å². The van der Waals surface area contributed by atoms with E-state index in [1.165, 1.54) is 29.5 Å². The molecule has 4 aromatic carbocycles. The predicted octanol–water partition coefficient (Wildman–Crippen LogP) is 6.85. The van der Waals surface area contributed by atoms with Crippen LogP contribution < -0.4 is 10.6 Å². The summed E-state index contributed by atoms with van der Waals surface area (Å²) in [4.78, 5) is 28.2. The molecule has 0 spiro atoms. The highest BCUT2D eigenvalue weighted by atomic mass is 16.2. The second kappa shape index (κ2) is 16.0. The second-order valence-corrected chi connectivity index (χ2v) is 12.0. The number of carbonyl (C=O) groups is 2. The Morgan fingerprint density at radius 2 is 1.16 bits per heavy atom. The average molecular weight is 588 g/mol. The van der Waals surface area contributed by atoms with Crippen LogP contribution in [-0.2, 0) is 21.5 Å². The molecule has 0 radical (unpaired) electrons. The van der Waals surface area contributed by atoms with Crippen LogP contribution in [0.3, 0.4) is 0 Å². The molecule has 1 aliphatic rings. The molecule has 1 fully saturated rings. The third kappa shape index (κ3) is 8.67. The lowest BCUT2D eigenvalue weighted by atomic mass is 9.71. The molecular formula is C39H45N3O2. The third-order valence-corrected chi connectivity index (χ3v) is 9.09. The molecule has 2 N–H and O–H groups in total. The molecule has 1 aliphatic heterocycles. The first-order valence-corrected chi connectivity index (χ1v) is 16.1. The molecular weight excluding hydrogens is 542 g/mol. The van der Waals surface area contributed by atoms with Gasteiger partial charge >= 0.3 is 0 Å². The molecule has 228 valence electrons. The summed E-state index contributed by atoms with van der Waals surface area (Å²) in [6.45, 7) is 4.23. The maximum Gasteiger partial charge on any atom is 0.220 e. The number of hydrogen-bond acceptors (Lipinski definition) is 3. The van der Waals surface area contributed by atoms with Crippen LogP contribution in [-0.4, -0.2) is 42.9 Å². The number of likely N-dealkylation sites (tertiary alicyclic amines) is 1. The SMILES string of the molecule is O=C(CCC(=O)NCC(CCCN1CCC(c2ccccc2)CC1)(c1ccccc1)c1ccccc1)NCc1ccccc1. The van der Waals surface area contributed by atoms with Crippen molar-refractivity contribution >= 4 is 11.8 Å². The van der Waals surface area contributed by atoms with Gasteiger partial charge < -0.3 is 15.5 Å². The summed E-state index contributed by atoms with van der Waals surface area (Å²) in [6, 6.07) is 41.9. The lowest BCUT2D eigenvalue weighted by molar-refractivity contribution is -0.126. The first kappa shape index (κ1) is 31.2. The number of nitrogens with one attached hydrogen (secondary N) is 2. The van der Waals surface area contributed by atoms with Crippen molar-refractivity contribution in [3.63, 3.8) is 0 Å². The minimum atomic E-state index is -0.365. The molecule has 1 heterocycles. The number of piperidine rings is 1. The molecule has 0 unspecified atom stereocenters. The fourth-order valence-corrected chi connectivity index (χ4v) is 6.53. The van der Waals surface area contributed by atoms with Crippen LogP contribution in [0.25, 0.3) is 0 Å². The fraction of sp³-hybridized carbons (Fsp3) is 0.333. The van der Waals surface area contributed by atoms with E-state index in [0.29, 0.717) is 19.0 Å². The van der Waals surface area contributed by atoms with Crippen molar-refractivity contribution in [3.05, 3.63) is 144 Å². The minimum Gasteiger partial charge on any atom is -0.355 e. The molecule has 0 bridgehead atoms. The zero-order chi connectivity index (χ0) is 30.5. The fourth-order valence-electron chi connectivity index (χ4n) is 6.53. The van der Waals surface area contributed by atoms with Gasteiger partial charge in [-0.15, -0.1) is 0 Å². The van der Waals surface area contributed by atoms with Crippen LogP contribution >= 0.6 is 0 Å². The van der Waals surface area contributed by atoms with Crippen LogP contribution in [0.5, 0.6) is 0 Å². The lowest BCUT2D eigenvalue weighted by Gasteiger charge is -2.37. The van der Waals surface area contributed by atoms with E-state index >= 15 is 0 Å². The number of amides is 2. The molecule has 4 aromatic rings. The Balaban J connectivity index is 1.20. The molecule has 0 saturated carbocycles. The zero-order valence-electron chi connectivity index (χ0n) is 25.7. The quantitative estimate of drug-likeness (QED) is 0.170. The summed E-state index contributed by atoms with van der Waals surface area (Å²) in [5, 5.41) is 6.16. The van der Waals surface area contributed by atoms with E-state index in [4.69, 9.17) is 0 Å². The number of nitrogens with zero attached hydrogens (tertiary/aromatic N) is 1. The Morgan fingerprint density at radius 3 is 1.73 bits per heavy atom.